The highest BCUT2D eigenvalue weighted by Crippen LogP contribution is 2.41. The van der Waals surface area contributed by atoms with Crippen LogP contribution >= 0.6 is 23.4 Å². The molecule has 2 saturated heterocycles. The molecule has 2 atom stereocenters. The van der Waals surface area contributed by atoms with E-state index in [0.717, 1.165) is 6.42 Å². The fourth-order valence-electron chi connectivity index (χ4n) is 4.29. The third-order valence-electron chi connectivity index (χ3n) is 5.71. The number of fused-ring (bicyclic) bond motifs is 1. The Morgan fingerprint density at radius 2 is 2.04 bits per heavy atom. The number of amides is 1. The average molecular weight is 445 g/mol. The summed E-state index contributed by atoms with van der Waals surface area (Å²) in [7, 11) is -3.15. The van der Waals surface area contributed by atoms with Gasteiger partial charge in [-0.3, -0.25) is 4.79 Å². The van der Waals surface area contributed by atoms with Crippen LogP contribution in [0.5, 0.6) is 0 Å². The second-order valence-corrected chi connectivity index (χ2v) is 11.5. The van der Waals surface area contributed by atoms with Crippen LogP contribution in [-0.4, -0.2) is 42.3 Å². The Labute approximate surface area is 173 Å². The van der Waals surface area contributed by atoms with Gasteiger partial charge in [0.2, 0.25) is 5.91 Å². The molecule has 1 saturated carbocycles. The van der Waals surface area contributed by atoms with Gasteiger partial charge in [-0.2, -0.15) is 4.99 Å². The van der Waals surface area contributed by atoms with Crippen LogP contribution in [-0.2, 0) is 14.6 Å². The largest absolute Gasteiger partial charge is 0.316 e. The molecular formula is C19H22ClFN2O3S2. The molecular weight excluding hydrogens is 423 g/mol. The van der Waals surface area contributed by atoms with Crippen LogP contribution in [0.4, 0.5) is 10.1 Å². The van der Waals surface area contributed by atoms with E-state index in [1.165, 1.54) is 49.6 Å². The van der Waals surface area contributed by atoms with E-state index in [0.29, 0.717) is 23.2 Å². The van der Waals surface area contributed by atoms with Gasteiger partial charge in [0, 0.05) is 17.4 Å². The van der Waals surface area contributed by atoms with Crippen LogP contribution < -0.4 is 4.90 Å². The van der Waals surface area contributed by atoms with Gasteiger partial charge < -0.3 is 4.90 Å². The van der Waals surface area contributed by atoms with Crippen molar-refractivity contribution >= 4 is 50.0 Å². The van der Waals surface area contributed by atoms with Crippen molar-refractivity contribution in [3.8, 4) is 0 Å². The zero-order valence-electron chi connectivity index (χ0n) is 15.3. The minimum absolute atomic E-state index is 0.00501. The molecule has 0 radical (unpaired) electrons. The van der Waals surface area contributed by atoms with E-state index in [2.05, 4.69) is 4.99 Å². The molecule has 28 heavy (non-hydrogen) atoms. The molecule has 1 amide bonds. The molecule has 1 aromatic rings. The summed E-state index contributed by atoms with van der Waals surface area (Å²) in [6, 6.07) is 3.94. The molecule has 0 spiro atoms. The fraction of sp³-hybridized carbons (Fsp3) is 0.579. The van der Waals surface area contributed by atoms with Gasteiger partial charge in [0.25, 0.3) is 0 Å². The lowest BCUT2D eigenvalue weighted by Gasteiger charge is -2.24. The van der Waals surface area contributed by atoms with Crippen molar-refractivity contribution in [2.75, 3.05) is 16.4 Å². The van der Waals surface area contributed by atoms with Crippen molar-refractivity contribution < 1.29 is 17.6 Å². The Hall–Kier alpha value is -1.12. The summed E-state index contributed by atoms with van der Waals surface area (Å²) in [5.74, 6) is -0.0656. The van der Waals surface area contributed by atoms with Gasteiger partial charge in [0.15, 0.2) is 15.0 Å². The molecule has 0 N–H and O–H groups in total. The normalized spacial score (nSPS) is 28.2. The molecule has 0 unspecified atom stereocenters. The van der Waals surface area contributed by atoms with Crippen LogP contribution in [0.3, 0.4) is 0 Å². The Kier molecular flexibility index (Phi) is 5.73. The highest BCUT2D eigenvalue weighted by molar-refractivity contribution is 8.16. The number of rotatable bonds is 4. The molecule has 0 aromatic heterocycles. The van der Waals surface area contributed by atoms with E-state index in [9.17, 15) is 17.6 Å². The number of hydrogen-bond donors (Lipinski definition) is 0. The number of sulfone groups is 1. The predicted octanol–water partition coefficient (Wildman–Crippen LogP) is 4.05. The van der Waals surface area contributed by atoms with E-state index in [1.807, 2.05) is 0 Å². The maximum Gasteiger partial charge on any atom is 0.248 e. The summed E-state index contributed by atoms with van der Waals surface area (Å²) in [5, 5.41) is 0.262. The number of carbonyl (C=O) groups excluding carboxylic acids is 1. The van der Waals surface area contributed by atoms with E-state index in [-0.39, 0.29) is 33.7 Å². The number of anilines is 1. The number of halogens is 2. The minimum atomic E-state index is -3.15. The van der Waals surface area contributed by atoms with Gasteiger partial charge in [-0.25, -0.2) is 12.8 Å². The quantitative estimate of drug-likeness (QED) is 0.700. The van der Waals surface area contributed by atoms with E-state index in [4.69, 9.17) is 11.6 Å². The van der Waals surface area contributed by atoms with Gasteiger partial charge in [-0.15, -0.1) is 0 Å². The van der Waals surface area contributed by atoms with Crippen molar-refractivity contribution in [2.45, 2.75) is 49.8 Å². The fourth-order valence-corrected chi connectivity index (χ4v) is 8.40. The lowest BCUT2D eigenvalue weighted by molar-refractivity contribution is -0.118. The van der Waals surface area contributed by atoms with E-state index in [1.54, 1.807) is 11.0 Å². The van der Waals surface area contributed by atoms with E-state index < -0.39 is 15.7 Å². The first-order chi connectivity index (χ1) is 13.3. The maximum absolute atomic E-state index is 13.6. The molecule has 2 aliphatic heterocycles. The molecule has 152 valence electrons. The zero-order valence-corrected chi connectivity index (χ0v) is 17.7. The number of aliphatic imine (C=N–C) groups is 1. The van der Waals surface area contributed by atoms with Crippen LogP contribution in [0.1, 0.15) is 38.5 Å². The van der Waals surface area contributed by atoms with Crippen LogP contribution in [0.25, 0.3) is 0 Å². The summed E-state index contributed by atoms with van der Waals surface area (Å²) < 4.78 is 37.8. The number of carbonyl (C=O) groups is 1. The average Bonchev–Trinajstić information content (AvgIpc) is 3.30. The van der Waals surface area contributed by atoms with Crippen LogP contribution in [0.2, 0.25) is 5.02 Å². The monoisotopic (exact) mass is 444 g/mol. The Morgan fingerprint density at radius 1 is 1.29 bits per heavy atom. The molecule has 9 heteroatoms. The third-order valence-corrected chi connectivity index (χ3v) is 9.21. The zero-order chi connectivity index (χ0) is 19.9. The van der Waals surface area contributed by atoms with Crippen molar-refractivity contribution in [1.82, 2.24) is 0 Å². The van der Waals surface area contributed by atoms with Crippen molar-refractivity contribution in [3.63, 3.8) is 0 Å². The Balaban J connectivity index is 1.57. The summed E-state index contributed by atoms with van der Waals surface area (Å²) in [4.78, 5) is 18.5. The van der Waals surface area contributed by atoms with Crippen molar-refractivity contribution in [1.29, 1.82) is 0 Å². The second kappa shape index (κ2) is 7.95. The summed E-state index contributed by atoms with van der Waals surface area (Å²) >= 11 is 7.26. The van der Waals surface area contributed by atoms with Gasteiger partial charge >= 0.3 is 0 Å². The first kappa shape index (κ1) is 20.2. The van der Waals surface area contributed by atoms with Crippen molar-refractivity contribution in [3.05, 3.63) is 29.0 Å². The number of thioether (sulfide) groups is 1. The second-order valence-electron chi connectivity index (χ2n) is 7.75. The van der Waals surface area contributed by atoms with Crippen molar-refractivity contribution in [2.24, 2.45) is 10.9 Å². The summed E-state index contributed by atoms with van der Waals surface area (Å²) in [6.45, 7) is 0. The maximum atomic E-state index is 13.6. The third kappa shape index (κ3) is 4.24. The van der Waals surface area contributed by atoms with Gasteiger partial charge in [-0.05, 0) is 30.5 Å². The first-order valence-corrected chi connectivity index (χ1v) is 12.6. The molecule has 1 aliphatic carbocycles. The summed E-state index contributed by atoms with van der Waals surface area (Å²) in [5.41, 5.74) is 0.561. The number of amidine groups is 1. The lowest BCUT2D eigenvalue weighted by atomic mass is 10.0. The number of benzene rings is 1. The molecule has 4 rings (SSSR count). The standard InChI is InChI=1S/C19H22ClFN2O3S2/c20-14-9-13(6-7-15(14)21)23-16-10-28(25,26)11-17(16)27-19(23)22-18(24)8-5-12-3-1-2-4-12/h6-7,9,12,16-17H,1-5,8,10-11H2/t16-,17-/m1/s1. The molecule has 2 heterocycles. The minimum Gasteiger partial charge on any atom is -0.316 e. The molecule has 3 fully saturated rings. The van der Waals surface area contributed by atoms with Gasteiger partial charge in [0.1, 0.15) is 5.82 Å². The van der Waals surface area contributed by atoms with Gasteiger partial charge in [-0.1, -0.05) is 49.0 Å². The number of nitrogens with zero attached hydrogens (tertiary/aromatic N) is 2. The molecule has 5 nitrogen and oxygen atoms in total. The predicted molar refractivity (Wildman–Crippen MR) is 111 cm³/mol. The molecule has 3 aliphatic rings. The lowest BCUT2D eigenvalue weighted by Crippen LogP contribution is -2.37. The molecule has 0 bridgehead atoms. The summed E-state index contributed by atoms with van der Waals surface area (Å²) in [6.07, 6.45) is 6.09. The Morgan fingerprint density at radius 3 is 2.75 bits per heavy atom. The van der Waals surface area contributed by atoms with Gasteiger partial charge in [0.05, 0.1) is 22.6 Å². The topological polar surface area (TPSA) is 66.8 Å². The smallest absolute Gasteiger partial charge is 0.248 e. The highest BCUT2D eigenvalue weighted by atomic mass is 35.5. The SMILES string of the molecule is O=C(CCC1CCCC1)N=C1S[C@@H]2CS(=O)(=O)C[C@H]2N1c1ccc(F)c(Cl)c1. The van der Waals surface area contributed by atoms with Crippen LogP contribution in [0, 0.1) is 11.7 Å². The highest BCUT2D eigenvalue weighted by Gasteiger charge is 2.49. The number of hydrogen-bond acceptors (Lipinski definition) is 4. The molecule has 1 aromatic carbocycles. The first-order valence-electron chi connectivity index (χ1n) is 9.55. The van der Waals surface area contributed by atoms with E-state index >= 15 is 0 Å². The Bertz CT molecular complexity index is 916. The van der Waals surface area contributed by atoms with Crippen LogP contribution in [0.15, 0.2) is 23.2 Å².